The fraction of sp³-hybridized carbons (Fsp3) is 0.188. The molecule has 9 heteroatoms. The Morgan fingerprint density at radius 1 is 1.40 bits per heavy atom. The van der Waals surface area contributed by atoms with Gasteiger partial charge in [-0.05, 0) is 19.1 Å². The van der Waals surface area contributed by atoms with E-state index < -0.39 is 16.7 Å². The number of benzene rings is 1. The fourth-order valence-electron chi connectivity index (χ4n) is 1.98. The summed E-state index contributed by atoms with van der Waals surface area (Å²) in [5.74, 6) is -0.0983. The third kappa shape index (κ3) is 4.99. The molecule has 0 saturated carbocycles. The maximum atomic E-state index is 12.0. The summed E-state index contributed by atoms with van der Waals surface area (Å²) in [7, 11) is 1.44. The van der Waals surface area contributed by atoms with E-state index in [4.69, 9.17) is 4.52 Å². The second-order valence-electron chi connectivity index (χ2n) is 5.21. The number of hydrogen-bond acceptors (Lipinski definition) is 6. The first-order valence-corrected chi connectivity index (χ1v) is 7.26. The summed E-state index contributed by atoms with van der Waals surface area (Å²) in [4.78, 5) is 35.5. The number of carbonyl (C=O) groups is 2. The van der Waals surface area contributed by atoms with E-state index in [1.165, 1.54) is 36.2 Å². The molecular formula is C16H16N4O5. The molecule has 0 radical (unpaired) electrons. The summed E-state index contributed by atoms with van der Waals surface area (Å²) in [5, 5.41) is 17.0. The number of nitro benzene ring substituents is 1. The summed E-state index contributed by atoms with van der Waals surface area (Å²) < 4.78 is 4.82. The molecule has 1 N–H and O–H groups in total. The summed E-state index contributed by atoms with van der Waals surface area (Å²) in [6.07, 6.45) is 2.52. The topological polar surface area (TPSA) is 119 Å². The molecular weight excluding hydrogens is 328 g/mol. The van der Waals surface area contributed by atoms with E-state index in [1.54, 1.807) is 25.1 Å². The lowest BCUT2D eigenvalue weighted by Gasteiger charge is -2.13. The highest BCUT2D eigenvalue weighted by molar-refractivity contribution is 5.97. The quantitative estimate of drug-likeness (QED) is 0.486. The number of anilines is 1. The highest BCUT2D eigenvalue weighted by Gasteiger charge is 2.14. The molecule has 0 atom stereocenters. The zero-order valence-corrected chi connectivity index (χ0v) is 13.6. The number of amides is 2. The van der Waals surface area contributed by atoms with Crippen molar-refractivity contribution in [2.75, 3.05) is 18.9 Å². The molecule has 2 amide bonds. The number of rotatable bonds is 6. The van der Waals surface area contributed by atoms with Crippen molar-refractivity contribution in [3.05, 3.63) is 57.8 Å². The lowest BCUT2D eigenvalue weighted by atomic mass is 10.1. The van der Waals surface area contributed by atoms with Gasteiger partial charge in [0.25, 0.3) is 5.69 Å². The summed E-state index contributed by atoms with van der Waals surface area (Å²) >= 11 is 0. The number of nitrogens with one attached hydrogen (secondary N) is 1. The average molecular weight is 344 g/mol. The van der Waals surface area contributed by atoms with E-state index in [0.29, 0.717) is 11.3 Å². The Morgan fingerprint density at radius 3 is 2.76 bits per heavy atom. The molecule has 2 aromatic rings. The maximum absolute atomic E-state index is 12.0. The number of para-hydroxylation sites is 1. The van der Waals surface area contributed by atoms with Crippen LogP contribution in [0.1, 0.15) is 11.3 Å². The largest absolute Gasteiger partial charge is 0.360 e. The standard InChI is InChI=1S/C16H16N4O5/c1-11-9-14(18-25-11)17-15(21)10-19(2)16(22)8-7-12-5-3-4-6-13(12)20(23)24/h3-9H,10H2,1-2H3,(H,17,18,21)/b8-7+. The van der Waals surface area contributed by atoms with E-state index >= 15 is 0 Å². The molecule has 1 aromatic heterocycles. The molecule has 0 aliphatic carbocycles. The van der Waals surface area contributed by atoms with Crippen molar-refractivity contribution in [3.8, 4) is 0 Å². The molecule has 0 saturated heterocycles. The number of aryl methyl sites for hydroxylation is 1. The van der Waals surface area contributed by atoms with Crippen LogP contribution in [-0.4, -0.2) is 40.4 Å². The molecule has 1 aromatic carbocycles. The van der Waals surface area contributed by atoms with E-state index in [1.807, 2.05) is 0 Å². The molecule has 130 valence electrons. The number of nitrogens with zero attached hydrogens (tertiary/aromatic N) is 3. The van der Waals surface area contributed by atoms with Gasteiger partial charge in [-0.25, -0.2) is 0 Å². The molecule has 0 bridgehead atoms. The van der Waals surface area contributed by atoms with Crippen LogP contribution >= 0.6 is 0 Å². The monoisotopic (exact) mass is 344 g/mol. The third-order valence-electron chi connectivity index (χ3n) is 3.19. The van der Waals surface area contributed by atoms with Crippen molar-refractivity contribution in [2.45, 2.75) is 6.92 Å². The molecule has 0 fully saturated rings. The zero-order valence-electron chi connectivity index (χ0n) is 13.6. The Morgan fingerprint density at radius 2 is 2.12 bits per heavy atom. The lowest BCUT2D eigenvalue weighted by molar-refractivity contribution is -0.385. The highest BCUT2D eigenvalue weighted by atomic mass is 16.6. The van der Waals surface area contributed by atoms with E-state index in [2.05, 4.69) is 10.5 Å². The minimum absolute atomic E-state index is 0.103. The van der Waals surface area contributed by atoms with Gasteiger partial charge < -0.3 is 14.7 Å². The van der Waals surface area contributed by atoms with Crippen molar-refractivity contribution in [2.24, 2.45) is 0 Å². The van der Waals surface area contributed by atoms with Gasteiger partial charge in [0.05, 0.1) is 17.0 Å². The Balaban J connectivity index is 1.96. The van der Waals surface area contributed by atoms with Gasteiger partial charge in [0, 0.05) is 25.3 Å². The van der Waals surface area contributed by atoms with Crippen LogP contribution in [0.15, 0.2) is 40.9 Å². The second kappa shape index (κ2) is 7.86. The third-order valence-corrected chi connectivity index (χ3v) is 3.19. The van der Waals surface area contributed by atoms with Crippen LogP contribution in [0.3, 0.4) is 0 Å². The minimum atomic E-state index is -0.527. The number of nitro groups is 1. The van der Waals surface area contributed by atoms with E-state index in [9.17, 15) is 19.7 Å². The first-order valence-electron chi connectivity index (χ1n) is 7.26. The SMILES string of the molecule is Cc1cc(NC(=O)CN(C)C(=O)/C=C/c2ccccc2[N+](=O)[O-])no1. The predicted molar refractivity (Wildman–Crippen MR) is 89.6 cm³/mol. The van der Waals surface area contributed by atoms with Crippen LogP contribution in [0, 0.1) is 17.0 Å². The van der Waals surface area contributed by atoms with Crippen molar-refractivity contribution < 1.29 is 19.0 Å². The Kier molecular flexibility index (Phi) is 5.62. The molecule has 0 unspecified atom stereocenters. The summed E-state index contributed by atoms with van der Waals surface area (Å²) in [6.45, 7) is 1.48. The zero-order chi connectivity index (χ0) is 18.4. The van der Waals surface area contributed by atoms with Gasteiger partial charge in [-0.2, -0.15) is 0 Å². The first-order chi connectivity index (χ1) is 11.9. The highest BCUT2D eigenvalue weighted by Crippen LogP contribution is 2.18. The van der Waals surface area contributed by atoms with Crippen LogP contribution in [0.5, 0.6) is 0 Å². The molecule has 1 heterocycles. The van der Waals surface area contributed by atoms with Crippen LogP contribution in [0.4, 0.5) is 11.5 Å². The van der Waals surface area contributed by atoms with Gasteiger partial charge in [0.2, 0.25) is 11.8 Å². The van der Waals surface area contributed by atoms with E-state index in [0.717, 1.165) is 0 Å². The van der Waals surface area contributed by atoms with Crippen molar-refractivity contribution in [3.63, 3.8) is 0 Å². The Hall–Kier alpha value is -3.49. The maximum Gasteiger partial charge on any atom is 0.276 e. The molecule has 2 rings (SSSR count). The summed E-state index contributed by atoms with van der Waals surface area (Å²) in [5.41, 5.74) is 0.199. The molecule has 9 nitrogen and oxygen atoms in total. The fourth-order valence-corrected chi connectivity index (χ4v) is 1.98. The molecule has 25 heavy (non-hydrogen) atoms. The van der Waals surface area contributed by atoms with Crippen molar-refractivity contribution in [1.29, 1.82) is 0 Å². The molecule has 0 aliphatic heterocycles. The van der Waals surface area contributed by atoms with Gasteiger partial charge >= 0.3 is 0 Å². The number of aromatic nitrogens is 1. The van der Waals surface area contributed by atoms with Gasteiger partial charge in [-0.15, -0.1) is 0 Å². The van der Waals surface area contributed by atoms with Crippen LogP contribution in [0.2, 0.25) is 0 Å². The normalized spacial score (nSPS) is 10.6. The number of hydrogen-bond donors (Lipinski definition) is 1. The van der Waals surface area contributed by atoms with Crippen molar-refractivity contribution >= 4 is 29.4 Å². The van der Waals surface area contributed by atoms with Crippen molar-refractivity contribution in [1.82, 2.24) is 10.1 Å². The second-order valence-corrected chi connectivity index (χ2v) is 5.21. The molecule has 0 spiro atoms. The predicted octanol–water partition coefficient (Wildman–Crippen LogP) is 2.00. The van der Waals surface area contributed by atoms with Gasteiger partial charge in [-0.3, -0.25) is 19.7 Å². The Bertz CT molecular complexity index is 827. The Labute approximate surface area is 143 Å². The number of carbonyl (C=O) groups excluding carboxylic acids is 2. The van der Waals surface area contributed by atoms with Crippen LogP contribution < -0.4 is 5.32 Å². The van der Waals surface area contributed by atoms with E-state index in [-0.39, 0.29) is 18.1 Å². The van der Waals surface area contributed by atoms with Gasteiger partial charge in [0.1, 0.15) is 5.76 Å². The van der Waals surface area contributed by atoms with Gasteiger partial charge in [-0.1, -0.05) is 17.3 Å². The lowest BCUT2D eigenvalue weighted by Crippen LogP contribution is -2.33. The summed E-state index contributed by atoms with van der Waals surface area (Å²) in [6, 6.07) is 7.60. The smallest absolute Gasteiger partial charge is 0.276 e. The average Bonchev–Trinajstić information content (AvgIpc) is 2.97. The molecule has 0 aliphatic rings. The minimum Gasteiger partial charge on any atom is -0.360 e. The first kappa shape index (κ1) is 17.9. The number of likely N-dealkylation sites (N-methyl/N-ethyl adjacent to an activating group) is 1. The van der Waals surface area contributed by atoms with Crippen LogP contribution in [-0.2, 0) is 9.59 Å². The van der Waals surface area contributed by atoms with Gasteiger partial charge in [0.15, 0.2) is 5.82 Å². The van der Waals surface area contributed by atoms with Crippen LogP contribution in [0.25, 0.3) is 6.08 Å².